The van der Waals surface area contributed by atoms with Crippen LogP contribution in [-0.4, -0.2) is 17.7 Å². The van der Waals surface area contributed by atoms with E-state index < -0.39 is 5.97 Å². The Morgan fingerprint density at radius 2 is 2.22 bits per heavy atom. The lowest BCUT2D eigenvalue weighted by Crippen LogP contribution is -2.06. The fraction of sp³-hybridized carbons (Fsp3) is 0.154. The average molecular weight is 283 g/mol. The SMILES string of the molecule is O=C(O)c1ccc(Cl)cc1OCCc1ccsc1. The van der Waals surface area contributed by atoms with Crippen LogP contribution < -0.4 is 4.74 Å². The van der Waals surface area contributed by atoms with Crippen LogP contribution >= 0.6 is 22.9 Å². The quantitative estimate of drug-likeness (QED) is 0.909. The van der Waals surface area contributed by atoms with Gasteiger partial charge in [0.15, 0.2) is 0 Å². The van der Waals surface area contributed by atoms with Crippen molar-refractivity contribution in [1.82, 2.24) is 0 Å². The summed E-state index contributed by atoms with van der Waals surface area (Å²) >= 11 is 7.45. The number of carboxylic acids is 1. The molecule has 0 spiro atoms. The van der Waals surface area contributed by atoms with Crippen molar-refractivity contribution in [3.63, 3.8) is 0 Å². The lowest BCUT2D eigenvalue weighted by atomic mass is 10.2. The molecular formula is C13H11ClO3S. The van der Waals surface area contributed by atoms with Crippen molar-refractivity contribution in [2.45, 2.75) is 6.42 Å². The number of carbonyl (C=O) groups is 1. The van der Waals surface area contributed by atoms with E-state index in [0.717, 1.165) is 6.42 Å². The molecule has 1 aromatic heterocycles. The summed E-state index contributed by atoms with van der Waals surface area (Å²) in [5.41, 5.74) is 1.31. The van der Waals surface area contributed by atoms with Crippen LogP contribution in [0.5, 0.6) is 5.75 Å². The smallest absolute Gasteiger partial charge is 0.339 e. The molecule has 1 N–H and O–H groups in total. The molecule has 1 aromatic carbocycles. The Morgan fingerprint density at radius 3 is 2.89 bits per heavy atom. The number of benzene rings is 1. The van der Waals surface area contributed by atoms with Gasteiger partial charge < -0.3 is 9.84 Å². The maximum atomic E-state index is 11.0. The monoisotopic (exact) mass is 282 g/mol. The molecule has 0 atom stereocenters. The van der Waals surface area contributed by atoms with E-state index in [2.05, 4.69) is 0 Å². The van der Waals surface area contributed by atoms with Gasteiger partial charge in [0, 0.05) is 11.4 Å². The Balaban J connectivity index is 2.03. The first-order valence-corrected chi connectivity index (χ1v) is 6.65. The molecule has 3 nitrogen and oxygen atoms in total. The molecular weight excluding hydrogens is 272 g/mol. The summed E-state index contributed by atoms with van der Waals surface area (Å²) in [5, 5.41) is 13.5. The fourth-order valence-corrected chi connectivity index (χ4v) is 2.37. The number of hydrogen-bond acceptors (Lipinski definition) is 3. The number of carboxylic acid groups (broad SMARTS) is 1. The van der Waals surface area contributed by atoms with Crippen LogP contribution in [-0.2, 0) is 6.42 Å². The van der Waals surface area contributed by atoms with E-state index in [1.165, 1.54) is 23.8 Å². The standard InChI is InChI=1S/C13H11ClO3S/c14-10-1-2-11(13(15)16)12(7-10)17-5-3-9-4-6-18-8-9/h1-2,4,6-8H,3,5H2,(H,15,16). The van der Waals surface area contributed by atoms with Crippen LogP contribution in [0.15, 0.2) is 35.0 Å². The fourth-order valence-electron chi connectivity index (χ4n) is 1.51. The molecule has 1 heterocycles. The number of aromatic carboxylic acids is 1. The number of rotatable bonds is 5. The average Bonchev–Trinajstić information content (AvgIpc) is 2.82. The van der Waals surface area contributed by atoms with Gasteiger partial charge >= 0.3 is 5.97 Å². The molecule has 0 bridgehead atoms. The van der Waals surface area contributed by atoms with E-state index in [1.807, 2.05) is 16.8 Å². The summed E-state index contributed by atoms with van der Waals surface area (Å²) in [6.45, 7) is 0.428. The summed E-state index contributed by atoms with van der Waals surface area (Å²) in [4.78, 5) is 11.0. The van der Waals surface area contributed by atoms with Gasteiger partial charge in [-0.25, -0.2) is 4.79 Å². The van der Waals surface area contributed by atoms with Gasteiger partial charge in [0.2, 0.25) is 0 Å². The molecule has 0 saturated heterocycles. The van der Waals surface area contributed by atoms with Crippen molar-refractivity contribution < 1.29 is 14.6 Å². The Bertz CT molecular complexity index is 537. The number of halogens is 1. The lowest BCUT2D eigenvalue weighted by molar-refractivity contribution is 0.0692. The Labute approximate surface area is 114 Å². The van der Waals surface area contributed by atoms with Gasteiger partial charge in [-0.05, 0) is 40.6 Å². The second-order valence-electron chi connectivity index (χ2n) is 3.68. The molecule has 0 aliphatic carbocycles. The van der Waals surface area contributed by atoms with Crippen molar-refractivity contribution in [1.29, 1.82) is 0 Å². The molecule has 0 aliphatic heterocycles. The molecule has 0 amide bonds. The topological polar surface area (TPSA) is 46.5 Å². The highest BCUT2D eigenvalue weighted by atomic mass is 35.5. The summed E-state index contributed by atoms with van der Waals surface area (Å²) < 4.78 is 5.49. The molecule has 5 heteroatoms. The normalized spacial score (nSPS) is 10.3. The third kappa shape index (κ3) is 3.24. The van der Waals surface area contributed by atoms with E-state index in [1.54, 1.807) is 11.3 Å². The minimum atomic E-state index is -1.02. The molecule has 2 aromatic rings. The molecule has 0 saturated carbocycles. The maximum absolute atomic E-state index is 11.0. The zero-order valence-corrected chi connectivity index (χ0v) is 11.0. The van der Waals surface area contributed by atoms with Gasteiger partial charge in [-0.15, -0.1) is 0 Å². The Morgan fingerprint density at radius 1 is 1.39 bits per heavy atom. The van der Waals surface area contributed by atoms with Crippen LogP contribution in [0.3, 0.4) is 0 Å². The molecule has 0 unspecified atom stereocenters. The number of ether oxygens (including phenoxy) is 1. The van der Waals surface area contributed by atoms with Crippen molar-refractivity contribution in [3.05, 3.63) is 51.2 Å². The molecule has 0 aliphatic rings. The first-order valence-electron chi connectivity index (χ1n) is 5.33. The van der Waals surface area contributed by atoms with E-state index in [9.17, 15) is 4.79 Å². The highest BCUT2D eigenvalue weighted by molar-refractivity contribution is 7.07. The zero-order valence-electron chi connectivity index (χ0n) is 9.43. The third-order valence-corrected chi connectivity index (χ3v) is 3.37. The predicted octanol–water partition coefficient (Wildman–Crippen LogP) is 3.72. The molecule has 94 valence electrons. The van der Waals surface area contributed by atoms with Crippen LogP contribution in [0.2, 0.25) is 5.02 Å². The second-order valence-corrected chi connectivity index (χ2v) is 4.89. The van der Waals surface area contributed by atoms with E-state index >= 15 is 0 Å². The van der Waals surface area contributed by atoms with Gasteiger partial charge in [0.1, 0.15) is 11.3 Å². The van der Waals surface area contributed by atoms with Gasteiger partial charge in [0.25, 0.3) is 0 Å². The second kappa shape index (κ2) is 5.89. The Kier molecular flexibility index (Phi) is 4.23. The first kappa shape index (κ1) is 12.9. The summed E-state index contributed by atoms with van der Waals surface area (Å²) in [6, 6.07) is 6.53. The first-order chi connectivity index (χ1) is 8.66. The minimum absolute atomic E-state index is 0.129. The Hall–Kier alpha value is -1.52. The van der Waals surface area contributed by atoms with E-state index in [4.69, 9.17) is 21.4 Å². The molecule has 2 rings (SSSR count). The minimum Gasteiger partial charge on any atom is -0.492 e. The van der Waals surface area contributed by atoms with Gasteiger partial charge in [-0.2, -0.15) is 11.3 Å². The van der Waals surface area contributed by atoms with Crippen LogP contribution in [0.1, 0.15) is 15.9 Å². The summed E-state index contributed by atoms with van der Waals surface area (Å²) in [5.74, 6) is -0.706. The van der Waals surface area contributed by atoms with Crippen LogP contribution in [0, 0.1) is 0 Å². The van der Waals surface area contributed by atoms with Crippen molar-refractivity contribution in [3.8, 4) is 5.75 Å². The van der Waals surface area contributed by atoms with Gasteiger partial charge in [-0.3, -0.25) is 0 Å². The number of hydrogen-bond donors (Lipinski definition) is 1. The largest absolute Gasteiger partial charge is 0.492 e. The summed E-state index contributed by atoms with van der Waals surface area (Å²) in [6.07, 6.45) is 0.745. The molecule has 0 radical (unpaired) electrons. The predicted molar refractivity (Wildman–Crippen MR) is 71.9 cm³/mol. The number of thiophene rings is 1. The highest BCUT2D eigenvalue weighted by Crippen LogP contribution is 2.23. The molecule has 18 heavy (non-hydrogen) atoms. The maximum Gasteiger partial charge on any atom is 0.339 e. The lowest BCUT2D eigenvalue weighted by Gasteiger charge is -2.09. The zero-order chi connectivity index (χ0) is 13.0. The van der Waals surface area contributed by atoms with Crippen molar-refractivity contribution >= 4 is 28.9 Å². The van der Waals surface area contributed by atoms with Crippen LogP contribution in [0.4, 0.5) is 0 Å². The summed E-state index contributed by atoms with van der Waals surface area (Å²) in [7, 11) is 0. The van der Waals surface area contributed by atoms with Crippen molar-refractivity contribution in [2.75, 3.05) is 6.61 Å². The van der Waals surface area contributed by atoms with Gasteiger partial charge in [-0.1, -0.05) is 11.6 Å². The van der Waals surface area contributed by atoms with Crippen LogP contribution in [0.25, 0.3) is 0 Å². The van der Waals surface area contributed by atoms with Gasteiger partial charge in [0.05, 0.1) is 6.61 Å². The molecule has 0 fully saturated rings. The van der Waals surface area contributed by atoms with E-state index in [-0.39, 0.29) is 5.56 Å². The highest BCUT2D eigenvalue weighted by Gasteiger charge is 2.11. The van der Waals surface area contributed by atoms with Crippen molar-refractivity contribution in [2.24, 2.45) is 0 Å². The van der Waals surface area contributed by atoms with E-state index in [0.29, 0.717) is 17.4 Å². The third-order valence-electron chi connectivity index (χ3n) is 2.40.